The molecule has 4 rings (SSSR count). The van der Waals surface area contributed by atoms with Gasteiger partial charge in [0.1, 0.15) is 25.5 Å². The van der Waals surface area contributed by atoms with Crippen molar-refractivity contribution in [3.05, 3.63) is 162 Å². The number of nitrogens with zero attached hydrogens (tertiary/aromatic N) is 2. The number of carbonyl (C=O) groups excluding carboxylic acids is 4. The lowest BCUT2D eigenvalue weighted by Crippen LogP contribution is -2.31. The lowest BCUT2D eigenvalue weighted by molar-refractivity contribution is -0.151. The number of esters is 4. The van der Waals surface area contributed by atoms with Gasteiger partial charge in [0.15, 0.2) is 0 Å². The van der Waals surface area contributed by atoms with Crippen LogP contribution in [0.3, 0.4) is 0 Å². The van der Waals surface area contributed by atoms with Crippen molar-refractivity contribution in [1.82, 2.24) is 19.1 Å². The molecule has 22 nitrogen and oxygen atoms in total. The first-order chi connectivity index (χ1) is 53.9. The highest BCUT2D eigenvalue weighted by Gasteiger charge is 2.35. The van der Waals surface area contributed by atoms with E-state index in [4.69, 9.17) is 38.6 Å². The molecule has 0 aliphatic heterocycles. The van der Waals surface area contributed by atoms with Gasteiger partial charge in [-0.1, -0.05) is 280 Å². The van der Waals surface area contributed by atoms with Crippen LogP contribution >= 0.6 is 71.5 Å². The highest BCUT2D eigenvalue weighted by Crippen LogP contribution is 2.40. The number of thiocarbonyl (C=S) groups is 2. The maximum atomic E-state index is 13.8. The number of unbranched alkanes of at least 4 members (excludes halogenated alkanes) is 20. The summed E-state index contributed by atoms with van der Waals surface area (Å²) >= 11 is 17.5. The fraction of sp³-hybridized carbons (Fsp3) is 0.619. The number of nitrogens with one attached hydrogen (secondary N) is 2. The Morgan fingerprint density at radius 1 is 0.455 bits per heavy atom. The molecular formula is C84H128N4O18S6. The summed E-state index contributed by atoms with van der Waals surface area (Å²) in [6.45, 7) is 20.7. The Bertz CT molecular complexity index is 3520. The number of hydrogen-bond acceptors (Lipinski definition) is 22. The van der Waals surface area contributed by atoms with Crippen LogP contribution in [-0.4, -0.2) is 143 Å². The van der Waals surface area contributed by atoms with Crippen molar-refractivity contribution in [3.63, 3.8) is 0 Å². The van der Waals surface area contributed by atoms with Gasteiger partial charge in [0.25, 0.3) is 11.1 Å². The summed E-state index contributed by atoms with van der Waals surface area (Å²) in [5.74, 6) is -3.96. The first-order valence-electron chi connectivity index (χ1n) is 39.7. The van der Waals surface area contributed by atoms with Gasteiger partial charge in [-0.15, -0.1) is 23.5 Å². The van der Waals surface area contributed by atoms with Crippen LogP contribution in [-0.2, 0) is 70.3 Å². The molecule has 28 heteroatoms. The third-order valence-corrected chi connectivity index (χ3v) is 23.6. The summed E-state index contributed by atoms with van der Waals surface area (Å²) in [5, 5.41) is 18.5. The molecular weight excluding hydrogens is 1550 g/mol. The number of methoxy groups -OCH3 is 2. The third-order valence-electron chi connectivity index (χ3n) is 17.8. The van der Waals surface area contributed by atoms with Gasteiger partial charge in [-0.2, -0.15) is 0 Å². The Balaban J connectivity index is 0.000000952. The molecule has 0 aliphatic rings. The molecule has 0 fully saturated rings. The lowest BCUT2D eigenvalue weighted by atomic mass is 9.81. The summed E-state index contributed by atoms with van der Waals surface area (Å²) in [5.41, 5.74) is 1.65. The number of aromatic amines is 2. The van der Waals surface area contributed by atoms with Gasteiger partial charge in [-0.3, -0.25) is 47.9 Å². The number of rotatable bonds is 56. The predicted molar refractivity (Wildman–Crippen MR) is 465 cm³/mol. The quantitative estimate of drug-likeness (QED) is 0.0105. The minimum Gasteiger partial charge on any atom is -0.481 e. The van der Waals surface area contributed by atoms with Crippen molar-refractivity contribution in [2.24, 2.45) is 17.8 Å². The van der Waals surface area contributed by atoms with Crippen molar-refractivity contribution < 1.29 is 67.4 Å². The second-order valence-electron chi connectivity index (χ2n) is 27.3. The summed E-state index contributed by atoms with van der Waals surface area (Å²) in [6.07, 6.45) is 35.3. The topological polar surface area (TPSA) is 308 Å². The van der Waals surface area contributed by atoms with Crippen LogP contribution in [0.1, 0.15) is 255 Å². The summed E-state index contributed by atoms with van der Waals surface area (Å²) in [7, 11) is 3.06. The molecule has 0 saturated heterocycles. The van der Waals surface area contributed by atoms with Crippen LogP contribution in [0.25, 0.3) is 0 Å². The largest absolute Gasteiger partial charge is 0.481 e. The molecule has 4 N–H and O–H groups in total. The third kappa shape index (κ3) is 51.4. The van der Waals surface area contributed by atoms with E-state index < -0.39 is 75.3 Å². The van der Waals surface area contributed by atoms with E-state index in [1.54, 1.807) is 56.2 Å². The monoisotopic (exact) mass is 1670 g/mol. The van der Waals surface area contributed by atoms with Gasteiger partial charge in [-0.05, 0) is 91.0 Å². The number of ether oxygens (including phenoxy) is 6. The molecule has 0 saturated carbocycles. The Morgan fingerprint density at radius 2 is 0.830 bits per heavy atom. The number of hydrogen-bond donors (Lipinski definition) is 4. The van der Waals surface area contributed by atoms with E-state index in [9.17, 15) is 58.2 Å². The van der Waals surface area contributed by atoms with Gasteiger partial charge in [0, 0.05) is 56.1 Å². The number of carbonyl (C=O) groups is 6. The second-order valence-corrected chi connectivity index (χ2v) is 34.3. The molecule has 0 amide bonds. The molecule has 4 aromatic rings. The Hall–Kier alpha value is -6.40. The first-order valence-corrected chi connectivity index (χ1v) is 44.2. The summed E-state index contributed by atoms with van der Waals surface area (Å²) in [4.78, 5) is 123. The number of aliphatic carboxylic acids is 2. The predicted octanol–water partition coefficient (Wildman–Crippen LogP) is 18.0. The molecule has 0 aliphatic carbocycles. The zero-order valence-electron chi connectivity index (χ0n) is 67.6. The molecule has 112 heavy (non-hydrogen) atoms. The zero-order valence-corrected chi connectivity index (χ0v) is 72.5. The van der Waals surface area contributed by atoms with Crippen molar-refractivity contribution in [1.29, 1.82) is 0 Å². The fourth-order valence-electron chi connectivity index (χ4n) is 11.1. The van der Waals surface area contributed by atoms with Crippen LogP contribution in [0.15, 0.2) is 118 Å². The fourth-order valence-corrected chi connectivity index (χ4v) is 16.7. The Kier molecular flexibility index (Phi) is 61.8. The maximum Gasteiger partial charge on any atom is 0.330 e. The molecule has 6 unspecified atom stereocenters. The van der Waals surface area contributed by atoms with Gasteiger partial charge in [0.05, 0.1) is 57.3 Å². The second kappa shape index (κ2) is 66.8. The molecule has 0 radical (unpaired) electrons. The average Bonchev–Trinajstić information content (AvgIpc) is 0.784. The summed E-state index contributed by atoms with van der Waals surface area (Å²) < 4.78 is 34.6. The van der Waals surface area contributed by atoms with Crippen molar-refractivity contribution in [2.45, 2.75) is 251 Å². The molecule has 0 bridgehead atoms. The minimum absolute atomic E-state index is 0.0344. The van der Waals surface area contributed by atoms with Crippen LogP contribution in [0.5, 0.6) is 0 Å². The van der Waals surface area contributed by atoms with Crippen LogP contribution in [0, 0.1) is 17.8 Å². The normalized spacial score (nSPS) is 12.4. The molecule has 2 aromatic heterocycles. The van der Waals surface area contributed by atoms with Gasteiger partial charge in [-0.25, -0.2) is 19.2 Å². The number of carboxylic acid groups (broad SMARTS) is 2. The zero-order chi connectivity index (χ0) is 83.1. The number of aromatic nitrogens is 4. The van der Waals surface area contributed by atoms with Gasteiger partial charge in [0.2, 0.25) is 0 Å². The van der Waals surface area contributed by atoms with E-state index in [1.165, 1.54) is 168 Å². The Morgan fingerprint density at radius 3 is 1.24 bits per heavy atom. The number of H-pyrrole nitrogens is 2. The number of benzene rings is 2. The molecule has 2 aromatic carbocycles. The molecule has 6 atom stereocenters. The van der Waals surface area contributed by atoms with Crippen molar-refractivity contribution in [3.8, 4) is 0 Å². The van der Waals surface area contributed by atoms with E-state index in [0.717, 1.165) is 81.9 Å². The SMILES string of the molecule is C=CC(=O)OCCCC.C=CC(=O)OCCOC.CCCCCCCCCCCCSC(=S)SC(CC(C)C(=O)O)c1ccc(Cn2ccc(=O)[nH]c2=O)cc1.CCCCCCCCCCCCSC(=S)SC(CC(CC(CC(C)C(=O)O)c1ccc(Cn2ccc(=O)[nH]c2=O)cc1)C(=O)OCCOC)C(=O)OCCCC. The maximum absolute atomic E-state index is 13.8. The smallest absolute Gasteiger partial charge is 0.330 e. The van der Waals surface area contributed by atoms with Crippen LogP contribution in [0.2, 0.25) is 0 Å². The van der Waals surface area contributed by atoms with E-state index in [2.05, 4.69) is 51.2 Å². The minimum atomic E-state index is -0.957. The van der Waals surface area contributed by atoms with E-state index in [0.29, 0.717) is 42.7 Å². The standard InChI is InChI=1S/C42H64N2O9S3.C29H42N2O4S3.C7H12O2.C6H10O3/c1-5-7-9-10-11-12-13-14-15-16-26-55-42(54)56-36(40(49)52-23-8-6-2)29-35(39(48)53-25-24-51-4)28-34(27-31(3)38(46)47)33-19-17-32(18-20-33)30-44-22-21-37(45)43-41(44)50;1-3-4-5-6-7-8-9-10-11-12-19-37-29(36)38-25(20-22(2)27(33)34)24-15-13-23(14-16-24)21-31-18-17-26(32)30-28(31)35;1-3-5-6-9-7(8)4-2;1-3-6(7)9-5-4-8-2/h17-22,31,34-36H,5-16,23-30H2,1-4H3,(H,46,47)(H,43,45,50);13-18,22,25H,3-12,19-21H2,1-2H3,(H,33,34)(H,30,32,35);4H,2-3,5-6H2,1H3;3H,1,4-5H2,2H3. The highest BCUT2D eigenvalue weighted by atomic mass is 32.2. The average molecular weight is 1670 g/mol. The van der Waals surface area contributed by atoms with E-state index >= 15 is 0 Å². The van der Waals surface area contributed by atoms with Crippen molar-refractivity contribution in [2.75, 3.05) is 65.4 Å². The van der Waals surface area contributed by atoms with Crippen molar-refractivity contribution >= 4 is 114 Å². The Labute approximate surface area is 692 Å². The van der Waals surface area contributed by atoms with Crippen LogP contribution < -0.4 is 22.5 Å². The molecule has 2 heterocycles. The first kappa shape index (κ1) is 104. The van der Waals surface area contributed by atoms with Crippen LogP contribution in [0.4, 0.5) is 0 Å². The molecule has 628 valence electrons. The number of thioether (sulfide) groups is 4. The van der Waals surface area contributed by atoms with E-state index in [-0.39, 0.29) is 62.8 Å². The molecule has 0 spiro atoms. The summed E-state index contributed by atoms with van der Waals surface area (Å²) in [6, 6.07) is 17.8. The lowest BCUT2D eigenvalue weighted by Gasteiger charge is -2.27. The number of carboxylic acids is 2. The highest BCUT2D eigenvalue weighted by molar-refractivity contribution is 8.47. The van der Waals surface area contributed by atoms with Gasteiger partial charge >= 0.3 is 47.2 Å². The van der Waals surface area contributed by atoms with E-state index in [1.807, 2.05) is 62.4 Å². The van der Waals surface area contributed by atoms with Gasteiger partial charge < -0.3 is 38.6 Å².